The first kappa shape index (κ1) is 13.9. The van der Waals surface area contributed by atoms with E-state index < -0.39 is 24.1 Å². The maximum atomic E-state index is 11.5. The van der Waals surface area contributed by atoms with E-state index in [1.807, 2.05) is 13.8 Å². The SMILES string of the molecule is CNC(CC(C)C)C(=O)OC(C)C(=O)O. The van der Waals surface area contributed by atoms with E-state index in [9.17, 15) is 9.59 Å². The van der Waals surface area contributed by atoms with Crippen molar-refractivity contribution in [3.63, 3.8) is 0 Å². The van der Waals surface area contributed by atoms with Gasteiger partial charge in [-0.3, -0.25) is 4.79 Å². The van der Waals surface area contributed by atoms with Gasteiger partial charge in [-0.05, 0) is 26.3 Å². The molecule has 88 valence electrons. The van der Waals surface area contributed by atoms with Crippen LogP contribution in [0.4, 0.5) is 0 Å². The van der Waals surface area contributed by atoms with Gasteiger partial charge in [0, 0.05) is 0 Å². The van der Waals surface area contributed by atoms with Gasteiger partial charge in [-0.1, -0.05) is 13.8 Å². The summed E-state index contributed by atoms with van der Waals surface area (Å²) in [6.45, 7) is 5.30. The van der Waals surface area contributed by atoms with Gasteiger partial charge in [0.2, 0.25) is 0 Å². The lowest BCUT2D eigenvalue weighted by Crippen LogP contribution is -2.39. The molecule has 0 radical (unpaired) electrons. The minimum Gasteiger partial charge on any atom is -0.479 e. The molecule has 2 atom stereocenters. The normalized spacial score (nSPS) is 14.7. The van der Waals surface area contributed by atoms with Gasteiger partial charge in [0.15, 0.2) is 6.10 Å². The largest absolute Gasteiger partial charge is 0.479 e. The first-order valence-corrected chi connectivity index (χ1v) is 4.99. The van der Waals surface area contributed by atoms with Crippen LogP contribution in [0.25, 0.3) is 0 Å². The van der Waals surface area contributed by atoms with E-state index >= 15 is 0 Å². The van der Waals surface area contributed by atoms with Crippen LogP contribution in [0.1, 0.15) is 27.2 Å². The molecule has 0 amide bonds. The van der Waals surface area contributed by atoms with Crippen molar-refractivity contribution in [3.05, 3.63) is 0 Å². The number of carbonyl (C=O) groups excluding carboxylic acids is 1. The Morgan fingerprint density at radius 3 is 2.20 bits per heavy atom. The average molecular weight is 217 g/mol. The number of carboxylic acid groups (broad SMARTS) is 1. The summed E-state index contributed by atoms with van der Waals surface area (Å²) < 4.78 is 4.76. The highest BCUT2D eigenvalue weighted by Crippen LogP contribution is 2.07. The number of hydrogen-bond acceptors (Lipinski definition) is 4. The van der Waals surface area contributed by atoms with Gasteiger partial charge in [0.25, 0.3) is 0 Å². The van der Waals surface area contributed by atoms with E-state index in [-0.39, 0.29) is 0 Å². The van der Waals surface area contributed by atoms with Crippen molar-refractivity contribution in [2.75, 3.05) is 7.05 Å². The number of carboxylic acids is 1. The predicted octanol–water partition coefficient (Wildman–Crippen LogP) is 0.637. The minimum absolute atomic E-state index is 0.343. The topological polar surface area (TPSA) is 75.6 Å². The van der Waals surface area contributed by atoms with Crippen LogP contribution in [0.15, 0.2) is 0 Å². The summed E-state index contributed by atoms with van der Waals surface area (Å²) in [6, 6.07) is -0.438. The number of hydrogen-bond donors (Lipinski definition) is 2. The number of esters is 1. The van der Waals surface area contributed by atoms with E-state index in [1.54, 1.807) is 7.05 Å². The Hall–Kier alpha value is -1.10. The molecule has 0 fully saturated rings. The Balaban J connectivity index is 4.21. The Labute approximate surface area is 89.8 Å². The molecule has 15 heavy (non-hydrogen) atoms. The van der Waals surface area contributed by atoms with Crippen LogP contribution < -0.4 is 5.32 Å². The van der Waals surface area contributed by atoms with Gasteiger partial charge in [0.05, 0.1) is 0 Å². The molecular weight excluding hydrogens is 198 g/mol. The molecule has 2 N–H and O–H groups in total. The number of nitrogens with one attached hydrogen (secondary N) is 1. The van der Waals surface area contributed by atoms with Crippen molar-refractivity contribution in [2.24, 2.45) is 5.92 Å². The van der Waals surface area contributed by atoms with Crippen LogP contribution in [0.2, 0.25) is 0 Å². The molecule has 0 aromatic heterocycles. The van der Waals surface area contributed by atoms with Crippen LogP contribution >= 0.6 is 0 Å². The molecule has 0 saturated heterocycles. The molecule has 0 aliphatic heterocycles. The van der Waals surface area contributed by atoms with Gasteiger partial charge in [-0.25, -0.2) is 4.79 Å². The summed E-state index contributed by atoms with van der Waals surface area (Å²) in [7, 11) is 1.65. The Morgan fingerprint density at radius 1 is 1.33 bits per heavy atom. The van der Waals surface area contributed by atoms with Crippen LogP contribution in [0.3, 0.4) is 0 Å². The van der Waals surface area contributed by atoms with Gasteiger partial charge in [-0.2, -0.15) is 0 Å². The Bertz CT molecular complexity index is 227. The molecule has 0 aromatic rings. The minimum atomic E-state index is -1.14. The summed E-state index contributed by atoms with van der Waals surface area (Å²) in [6.07, 6.45) is -0.470. The molecule has 0 rings (SSSR count). The molecule has 0 bridgehead atoms. The smallest absolute Gasteiger partial charge is 0.344 e. The van der Waals surface area contributed by atoms with E-state index in [2.05, 4.69) is 5.32 Å². The molecule has 0 aromatic carbocycles. The second kappa shape index (κ2) is 6.40. The van der Waals surface area contributed by atoms with Crippen molar-refractivity contribution in [1.29, 1.82) is 0 Å². The zero-order chi connectivity index (χ0) is 12.0. The monoisotopic (exact) mass is 217 g/mol. The molecule has 0 spiro atoms. The van der Waals surface area contributed by atoms with Crippen molar-refractivity contribution >= 4 is 11.9 Å². The summed E-state index contributed by atoms with van der Waals surface area (Å²) in [5, 5.41) is 11.4. The standard InChI is InChI=1S/C10H19NO4/c1-6(2)5-8(11-4)10(14)15-7(3)9(12)13/h6-8,11H,5H2,1-4H3,(H,12,13). The van der Waals surface area contributed by atoms with Gasteiger partial charge < -0.3 is 15.2 Å². The van der Waals surface area contributed by atoms with Crippen molar-refractivity contribution in [2.45, 2.75) is 39.3 Å². The quantitative estimate of drug-likeness (QED) is 0.638. The van der Waals surface area contributed by atoms with Gasteiger partial charge in [-0.15, -0.1) is 0 Å². The van der Waals surface area contributed by atoms with Crippen molar-refractivity contribution in [3.8, 4) is 0 Å². The van der Waals surface area contributed by atoms with Crippen LogP contribution in [0.5, 0.6) is 0 Å². The molecule has 5 heteroatoms. The van der Waals surface area contributed by atoms with E-state index in [0.29, 0.717) is 12.3 Å². The predicted molar refractivity (Wildman–Crippen MR) is 55.5 cm³/mol. The van der Waals surface area contributed by atoms with Gasteiger partial charge in [0.1, 0.15) is 6.04 Å². The molecule has 5 nitrogen and oxygen atoms in total. The third kappa shape index (κ3) is 5.37. The highest BCUT2D eigenvalue weighted by atomic mass is 16.6. The maximum absolute atomic E-state index is 11.5. The molecule has 0 aliphatic rings. The highest BCUT2D eigenvalue weighted by Gasteiger charge is 2.23. The molecular formula is C10H19NO4. The van der Waals surface area contributed by atoms with Crippen molar-refractivity contribution < 1.29 is 19.4 Å². The zero-order valence-corrected chi connectivity index (χ0v) is 9.61. The van der Waals surface area contributed by atoms with Crippen molar-refractivity contribution in [1.82, 2.24) is 5.32 Å². The van der Waals surface area contributed by atoms with E-state index in [0.717, 1.165) is 0 Å². The highest BCUT2D eigenvalue weighted by molar-refractivity contribution is 5.80. The Morgan fingerprint density at radius 2 is 1.87 bits per heavy atom. The zero-order valence-electron chi connectivity index (χ0n) is 9.61. The summed E-state index contributed by atoms with van der Waals surface area (Å²) in [5.41, 5.74) is 0. The fourth-order valence-corrected chi connectivity index (χ4v) is 1.11. The lowest BCUT2D eigenvalue weighted by Gasteiger charge is -2.18. The van der Waals surface area contributed by atoms with Crippen LogP contribution in [-0.2, 0) is 14.3 Å². The Kier molecular flexibility index (Phi) is 5.93. The first-order valence-electron chi connectivity index (χ1n) is 4.99. The fourth-order valence-electron chi connectivity index (χ4n) is 1.11. The average Bonchev–Trinajstić information content (AvgIpc) is 2.13. The number of rotatable bonds is 6. The van der Waals surface area contributed by atoms with Crippen LogP contribution in [-0.4, -0.2) is 36.2 Å². The summed E-state index contributed by atoms with van der Waals surface area (Å²) in [5.74, 6) is -1.31. The number of aliphatic carboxylic acids is 1. The number of ether oxygens (including phenoxy) is 1. The van der Waals surface area contributed by atoms with Crippen LogP contribution in [0, 0.1) is 5.92 Å². The van der Waals surface area contributed by atoms with E-state index in [4.69, 9.17) is 9.84 Å². The molecule has 0 heterocycles. The third-order valence-electron chi connectivity index (χ3n) is 1.98. The van der Waals surface area contributed by atoms with E-state index in [1.165, 1.54) is 6.92 Å². The van der Waals surface area contributed by atoms with Gasteiger partial charge >= 0.3 is 11.9 Å². The lowest BCUT2D eigenvalue weighted by atomic mass is 10.0. The fraction of sp³-hybridized carbons (Fsp3) is 0.800. The number of carbonyl (C=O) groups is 2. The second-order valence-corrected chi connectivity index (χ2v) is 3.89. The summed E-state index contributed by atoms with van der Waals surface area (Å²) >= 11 is 0. The summed E-state index contributed by atoms with van der Waals surface area (Å²) in [4.78, 5) is 21.9. The molecule has 0 aliphatic carbocycles. The second-order valence-electron chi connectivity index (χ2n) is 3.89. The number of likely N-dealkylation sites (N-methyl/N-ethyl adjacent to an activating group) is 1. The first-order chi connectivity index (χ1) is 6.88. The molecule has 2 unspecified atom stereocenters. The lowest BCUT2D eigenvalue weighted by molar-refractivity contribution is -0.164. The maximum Gasteiger partial charge on any atom is 0.344 e. The molecule has 0 saturated carbocycles. The third-order valence-corrected chi connectivity index (χ3v) is 1.98.